The summed E-state index contributed by atoms with van der Waals surface area (Å²) < 4.78 is 0. The topological polar surface area (TPSA) is 29.1 Å². The lowest BCUT2D eigenvalue weighted by molar-refractivity contribution is 0.0983. The third-order valence-electron chi connectivity index (χ3n) is 4.57. The molecule has 1 saturated carbocycles. The zero-order chi connectivity index (χ0) is 15.8. The van der Waals surface area contributed by atoms with Crippen molar-refractivity contribution < 1.29 is 4.79 Å². The lowest BCUT2D eigenvalue weighted by atomic mass is 9.86. The lowest BCUT2D eigenvalue weighted by Gasteiger charge is -2.34. The standard InChI is InChI=1S/C19H29NOS.ClH/c1-3-4-12-22-19-11-10-17(13-15(19)2)20-14-18(21)16-8-6-5-7-9-16;/h5-9,15,17,19-20H,3-4,10-14H2,1-2H3;1H. The molecule has 2 nitrogen and oxygen atoms in total. The third-order valence-corrected chi connectivity index (χ3v) is 6.22. The molecule has 23 heavy (non-hydrogen) atoms. The van der Waals surface area contributed by atoms with Crippen molar-refractivity contribution >= 4 is 30.0 Å². The van der Waals surface area contributed by atoms with Crippen LogP contribution in [0.3, 0.4) is 0 Å². The van der Waals surface area contributed by atoms with Gasteiger partial charge < -0.3 is 5.32 Å². The first-order chi connectivity index (χ1) is 10.7. The maximum atomic E-state index is 12.1. The van der Waals surface area contributed by atoms with Gasteiger partial charge in [0.15, 0.2) is 5.78 Å². The molecule has 0 bridgehead atoms. The van der Waals surface area contributed by atoms with E-state index in [0.717, 1.165) is 16.7 Å². The van der Waals surface area contributed by atoms with Crippen molar-refractivity contribution in [1.29, 1.82) is 0 Å². The van der Waals surface area contributed by atoms with Crippen LogP contribution in [0.15, 0.2) is 30.3 Å². The zero-order valence-corrected chi connectivity index (χ0v) is 15.9. The molecular weight excluding hydrogens is 326 g/mol. The van der Waals surface area contributed by atoms with E-state index in [1.54, 1.807) is 0 Å². The Bertz CT molecular complexity index is 454. The quantitative estimate of drug-likeness (QED) is 0.527. The van der Waals surface area contributed by atoms with Crippen LogP contribution in [0.5, 0.6) is 0 Å². The number of carbonyl (C=O) groups excluding carboxylic acids is 1. The summed E-state index contributed by atoms with van der Waals surface area (Å²) >= 11 is 2.16. The highest BCUT2D eigenvalue weighted by atomic mass is 35.5. The number of rotatable bonds is 8. The fourth-order valence-electron chi connectivity index (χ4n) is 3.14. The van der Waals surface area contributed by atoms with E-state index in [-0.39, 0.29) is 18.2 Å². The molecule has 4 heteroatoms. The average Bonchev–Trinajstić information content (AvgIpc) is 2.55. The maximum absolute atomic E-state index is 12.1. The normalized spacial score (nSPS) is 24.0. The second-order valence-electron chi connectivity index (χ2n) is 6.42. The van der Waals surface area contributed by atoms with Crippen LogP contribution in [0.2, 0.25) is 0 Å². The predicted octanol–water partition coefficient (Wildman–Crippen LogP) is 4.97. The first-order valence-electron chi connectivity index (χ1n) is 8.64. The van der Waals surface area contributed by atoms with Gasteiger partial charge in [-0.1, -0.05) is 50.6 Å². The molecule has 1 aliphatic rings. The number of halogens is 1. The number of hydrogen-bond acceptors (Lipinski definition) is 3. The van der Waals surface area contributed by atoms with E-state index in [0.29, 0.717) is 12.6 Å². The summed E-state index contributed by atoms with van der Waals surface area (Å²) in [6, 6.07) is 10.1. The molecule has 3 atom stereocenters. The van der Waals surface area contributed by atoms with Gasteiger partial charge in [0.05, 0.1) is 6.54 Å². The molecule has 1 aromatic carbocycles. The summed E-state index contributed by atoms with van der Waals surface area (Å²) in [7, 11) is 0. The molecule has 1 aliphatic carbocycles. The smallest absolute Gasteiger partial charge is 0.176 e. The highest BCUT2D eigenvalue weighted by molar-refractivity contribution is 7.99. The molecule has 0 spiro atoms. The van der Waals surface area contributed by atoms with E-state index < -0.39 is 0 Å². The second-order valence-corrected chi connectivity index (χ2v) is 7.77. The summed E-state index contributed by atoms with van der Waals surface area (Å²) in [6.07, 6.45) is 6.32. The highest BCUT2D eigenvalue weighted by Gasteiger charge is 2.27. The van der Waals surface area contributed by atoms with Gasteiger partial charge in [0.2, 0.25) is 0 Å². The maximum Gasteiger partial charge on any atom is 0.176 e. The number of benzene rings is 1. The predicted molar refractivity (Wildman–Crippen MR) is 104 cm³/mol. The van der Waals surface area contributed by atoms with Gasteiger partial charge in [0.1, 0.15) is 0 Å². The molecule has 1 N–H and O–H groups in total. The van der Waals surface area contributed by atoms with Crippen LogP contribution in [0.4, 0.5) is 0 Å². The van der Waals surface area contributed by atoms with Crippen molar-refractivity contribution in [3.63, 3.8) is 0 Å². The number of hydrogen-bond donors (Lipinski definition) is 1. The van der Waals surface area contributed by atoms with Crippen LogP contribution in [0, 0.1) is 5.92 Å². The first kappa shape index (κ1) is 20.5. The summed E-state index contributed by atoms with van der Waals surface area (Å²) in [5.41, 5.74) is 0.812. The first-order valence-corrected chi connectivity index (χ1v) is 9.68. The fraction of sp³-hybridized carbons (Fsp3) is 0.632. The van der Waals surface area contributed by atoms with Gasteiger partial charge in [-0.15, -0.1) is 12.4 Å². The molecule has 1 fully saturated rings. The van der Waals surface area contributed by atoms with Gasteiger partial charge in [0, 0.05) is 16.9 Å². The molecule has 0 saturated heterocycles. The molecule has 0 heterocycles. The van der Waals surface area contributed by atoms with Crippen LogP contribution in [0.1, 0.15) is 56.3 Å². The molecule has 0 radical (unpaired) electrons. The second kappa shape index (κ2) is 11.1. The number of thioether (sulfide) groups is 1. The van der Waals surface area contributed by atoms with Crippen molar-refractivity contribution in [3.05, 3.63) is 35.9 Å². The van der Waals surface area contributed by atoms with Gasteiger partial charge in [-0.3, -0.25) is 4.79 Å². The van der Waals surface area contributed by atoms with Gasteiger partial charge in [0.25, 0.3) is 0 Å². The van der Waals surface area contributed by atoms with E-state index in [9.17, 15) is 4.79 Å². The molecule has 2 rings (SSSR count). The monoisotopic (exact) mass is 355 g/mol. The van der Waals surface area contributed by atoms with E-state index in [1.807, 2.05) is 30.3 Å². The molecule has 130 valence electrons. The Morgan fingerprint density at radius 3 is 2.65 bits per heavy atom. The summed E-state index contributed by atoms with van der Waals surface area (Å²) in [6.45, 7) is 5.10. The Labute approximate surface area is 151 Å². The van der Waals surface area contributed by atoms with E-state index in [1.165, 1.54) is 37.9 Å². The molecule has 3 unspecified atom stereocenters. The average molecular weight is 356 g/mol. The Morgan fingerprint density at radius 1 is 1.26 bits per heavy atom. The van der Waals surface area contributed by atoms with Crippen LogP contribution in [-0.2, 0) is 0 Å². The van der Waals surface area contributed by atoms with Gasteiger partial charge in [-0.25, -0.2) is 0 Å². The van der Waals surface area contributed by atoms with Crippen LogP contribution in [-0.4, -0.2) is 29.4 Å². The minimum Gasteiger partial charge on any atom is -0.307 e. The minimum absolute atomic E-state index is 0. The molecule has 0 aromatic heterocycles. The van der Waals surface area contributed by atoms with Crippen LogP contribution in [0.25, 0.3) is 0 Å². The van der Waals surface area contributed by atoms with Gasteiger partial charge in [-0.05, 0) is 37.4 Å². The third kappa shape index (κ3) is 6.86. The minimum atomic E-state index is 0. The van der Waals surface area contributed by atoms with Gasteiger partial charge >= 0.3 is 0 Å². The number of ketones is 1. The van der Waals surface area contributed by atoms with E-state index >= 15 is 0 Å². The van der Waals surface area contributed by atoms with Gasteiger partial charge in [-0.2, -0.15) is 11.8 Å². The molecular formula is C19H30ClNOS. The van der Waals surface area contributed by atoms with E-state index in [4.69, 9.17) is 0 Å². The lowest BCUT2D eigenvalue weighted by Crippen LogP contribution is -2.40. The summed E-state index contributed by atoms with van der Waals surface area (Å²) in [5.74, 6) is 2.25. The largest absolute Gasteiger partial charge is 0.307 e. The van der Waals surface area contributed by atoms with Crippen LogP contribution >= 0.6 is 24.2 Å². The van der Waals surface area contributed by atoms with Crippen molar-refractivity contribution in [1.82, 2.24) is 5.32 Å². The number of carbonyl (C=O) groups is 1. The SMILES string of the molecule is CCCCSC1CCC(NCC(=O)c2ccccc2)CC1C.Cl. The Balaban J connectivity index is 0.00000264. The Hall–Kier alpha value is -0.510. The Kier molecular flexibility index (Phi) is 9.92. The summed E-state index contributed by atoms with van der Waals surface area (Å²) in [4.78, 5) is 12.1. The molecule has 0 aliphatic heterocycles. The van der Waals surface area contributed by atoms with Crippen molar-refractivity contribution in [3.8, 4) is 0 Å². The molecule has 1 aromatic rings. The number of Topliss-reactive ketones (excluding diaryl/α,β-unsaturated/α-hetero) is 1. The van der Waals surface area contributed by atoms with E-state index in [2.05, 4.69) is 30.9 Å². The van der Waals surface area contributed by atoms with Crippen molar-refractivity contribution in [2.75, 3.05) is 12.3 Å². The summed E-state index contributed by atoms with van der Waals surface area (Å²) in [5, 5.41) is 4.29. The van der Waals surface area contributed by atoms with Crippen molar-refractivity contribution in [2.24, 2.45) is 5.92 Å². The van der Waals surface area contributed by atoms with Crippen molar-refractivity contribution in [2.45, 2.75) is 57.2 Å². The highest BCUT2D eigenvalue weighted by Crippen LogP contribution is 2.33. The molecule has 0 amide bonds. The zero-order valence-electron chi connectivity index (χ0n) is 14.3. The number of unbranched alkanes of at least 4 members (excludes halogenated alkanes) is 1. The van der Waals surface area contributed by atoms with Crippen LogP contribution < -0.4 is 5.32 Å². The number of nitrogens with one attached hydrogen (secondary N) is 1. The Morgan fingerprint density at radius 2 is 2.00 bits per heavy atom. The fourth-order valence-corrected chi connectivity index (χ4v) is 4.64.